The van der Waals surface area contributed by atoms with E-state index in [1.54, 1.807) is 0 Å². The number of hydrogen-bond acceptors (Lipinski definition) is 2. The van der Waals surface area contributed by atoms with Crippen LogP contribution in [0.3, 0.4) is 0 Å². The van der Waals surface area contributed by atoms with Crippen LogP contribution in [0.2, 0.25) is 0 Å². The minimum Gasteiger partial charge on any atom is -0.335 e. The van der Waals surface area contributed by atoms with Crippen LogP contribution in [0.5, 0.6) is 0 Å². The Bertz CT molecular complexity index is 394. The van der Waals surface area contributed by atoms with Gasteiger partial charge < -0.3 is 10.3 Å². The van der Waals surface area contributed by atoms with Crippen molar-refractivity contribution in [3.63, 3.8) is 0 Å². The van der Waals surface area contributed by atoms with Crippen molar-refractivity contribution < 1.29 is 0 Å². The molecule has 1 fully saturated rings. The van der Waals surface area contributed by atoms with Gasteiger partial charge in [0.15, 0.2) is 0 Å². The summed E-state index contributed by atoms with van der Waals surface area (Å²) in [4.78, 5) is 4.57. The van der Waals surface area contributed by atoms with Gasteiger partial charge in [0.25, 0.3) is 0 Å². The average Bonchev–Trinajstić information content (AvgIpc) is 2.77. The number of nitrogens with two attached hydrogens (primary N) is 1. The highest BCUT2D eigenvalue weighted by molar-refractivity contribution is 4.97. The second kappa shape index (κ2) is 6.08. The maximum absolute atomic E-state index is 5.98. The summed E-state index contributed by atoms with van der Waals surface area (Å²) < 4.78 is 2.31. The van der Waals surface area contributed by atoms with Crippen molar-refractivity contribution in [2.24, 2.45) is 23.0 Å². The monoisotopic (exact) mass is 263 g/mol. The normalized spacial score (nSPS) is 26.5. The highest BCUT2D eigenvalue weighted by Gasteiger charge is 2.34. The highest BCUT2D eigenvalue weighted by atomic mass is 15.1. The predicted molar refractivity (Wildman–Crippen MR) is 79.9 cm³/mol. The lowest BCUT2D eigenvalue weighted by Crippen LogP contribution is -2.35. The van der Waals surface area contributed by atoms with Crippen molar-refractivity contribution >= 4 is 0 Å². The van der Waals surface area contributed by atoms with Crippen LogP contribution in [-0.4, -0.2) is 16.1 Å². The zero-order valence-electron chi connectivity index (χ0n) is 12.7. The minimum atomic E-state index is 0.471. The van der Waals surface area contributed by atoms with Gasteiger partial charge in [0.05, 0.1) is 0 Å². The van der Waals surface area contributed by atoms with Crippen LogP contribution in [0, 0.1) is 17.3 Å². The van der Waals surface area contributed by atoms with Crippen molar-refractivity contribution in [3.8, 4) is 0 Å². The van der Waals surface area contributed by atoms with Gasteiger partial charge in [-0.1, -0.05) is 20.8 Å². The van der Waals surface area contributed by atoms with Gasteiger partial charge in [-0.05, 0) is 49.5 Å². The predicted octanol–water partition coefficient (Wildman–Crippen LogP) is 3.24. The number of rotatable bonds is 5. The van der Waals surface area contributed by atoms with Crippen LogP contribution < -0.4 is 5.73 Å². The van der Waals surface area contributed by atoms with E-state index in [9.17, 15) is 0 Å². The molecule has 0 aromatic carbocycles. The molecule has 2 atom stereocenters. The molecule has 1 aromatic heterocycles. The summed E-state index contributed by atoms with van der Waals surface area (Å²) in [5, 5.41) is 0. The quantitative estimate of drug-likeness (QED) is 0.886. The standard InChI is InChI=1S/C16H29N3/c1-4-8-19-9-7-18-15(19)10-14-11-16(2,3)6-5-13(14)12-17/h7,9,13-14H,4-6,8,10-12,17H2,1-3H3. The summed E-state index contributed by atoms with van der Waals surface area (Å²) in [6.45, 7) is 8.92. The summed E-state index contributed by atoms with van der Waals surface area (Å²) >= 11 is 0. The van der Waals surface area contributed by atoms with Crippen LogP contribution in [0.15, 0.2) is 12.4 Å². The van der Waals surface area contributed by atoms with E-state index in [4.69, 9.17) is 5.73 Å². The molecule has 0 amide bonds. The maximum Gasteiger partial charge on any atom is 0.108 e. The Morgan fingerprint density at radius 1 is 1.42 bits per heavy atom. The average molecular weight is 263 g/mol. The number of aromatic nitrogens is 2. The van der Waals surface area contributed by atoms with Gasteiger partial charge in [0.1, 0.15) is 5.82 Å². The molecule has 0 bridgehead atoms. The summed E-state index contributed by atoms with van der Waals surface area (Å²) in [6, 6.07) is 0. The van der Waals surface area contributed by atoms with E-state index in [1.807, 2.05) is 6.20 Å². The third-order valence-corrected chi connectivity index (χ3v) is 4.69. The number of hydrogen-bond donors (Lipinski definition) is 1. The first-order valence-corrected chi connectivity index (χ1v) is 7.76. The molecule has 1 aliphatic carbocycles. The molecule has 19 heavy (non-hydrogen) atoms. The van der Waals surface area contributed by atoms with Gasteiger partial charge in [0.2, 0.25) is 0 Å². The molecule has 0 aliphatic heterocycles. The van der Waals surface area contributed by atoms with Gasteiger partial charge in [-0.15, -0.1) is 0 Å². The van der Waals surface area contributed by atoms with Crippen LogP contribution in [0.4, 0.5) is 0 Å². The Morgan fingerprint density at radius 3 is 2.89 bits per heavy atom. The zero-order chi connectivity index (χ0) is 13.9. The third-order valence-electron chi connectivity index (χ3n) is 4.69. The summed E-state index contributed by atoms with van der Waals surface area (Å²) in [7, 11) is 0. The van der Waals surface area contributed by atoms with E-state index < -0.39 is 0 Å². The van der Waals surface area contributed by atoms with Crippen molar-refractivity contribution in [2.75, 3.05) is 6.54 Å². The molecular weight excluding hydrogens is 234 g/mol. The van der Waals surface area contributed by atoms with Crippen LogP contribution >= 0.6 is 0 Å². The fourth-order valence-electron chi connectivity index (χ4n) is 3.55. The first kappa shape index (κ1) is 14.6. The maximum atomic E-state index is 5.98. The molecule has 2 rings (SSSR count). The Morgan fingerprint density at radius 2 is 2.21 bits per heavy atom. The van der Waals surface area contributed by atoms with Crippen molar-refractivity contribution in [2.45, 2.75) is 59.4 Å². The van der Waals surface area contributed by atoms with Crippen LogP contribution in [-0.2, 0) is 13.0 Å². The van der Waals surface area contributed by atoms with Gasteiger partial charge in [-0.2, -0.15) is 0 Å². The lowest BCUT2D eigenvalue weighted by molar-refractivity contribution is 0.119. The fourth-order valence-corrected chi connectivity index (χ4v) is 3.55. The fraction of sp³-hybridized carbons (Fsp3) is 0.812. The van der Waals surface area contributed by atoms with Gasteiger partial charge in [-0.3, -0.25) is 0 Å². The minimum absolute atomic E-state index is 0.471. The van der Waals surface area contributed by atoms with Gasteiger partial charge in [0, 0.05) is 25.4 Å². The van der Waals surface area contributed by atoms with Crippen LogP contribution in [0.1, 0.15) is 52.3 Å². The van der Waals surface area contributed by atoms with E-state index >= 15 is 0 Å². The summed E-state index contributed by atoms with van der Waals surface area (Å²) in [6.07, 6.45) is 10.2. The lowest BCUT2D eigenvalue weighted by Gasteiger charge is -2.40. The lowest BCUT2D eigenvalue weighted by atomic mass is 9.66. The molecule has 1 saturated carbocycles. The topological polar surface area (TPSA) is 43.8 Å². The van der Waals surface area contributed by atoms with E-state index in [0.717, 1.165) is 19.5 Å². The smallest absolute Gasteiger partial charge is 0.108 e. The van der Waals surface area contributed by atoms with Crippen LogP contribution in [0.25, 0.3) is 0 Å². The Kier molecular flexibility index (Phi) is 4.67. The molecule has 3 nitrogen and oxygen atoms in total. The van der Waals surface area contributed by atoms with E-state index in [1.165, 1.54) is 31.5 Å². The van der Waals surface area contributed by atoms with E-state index in [0.29, 0.717) is 17.3 Å². The number of imidazole rings is 1. The molecule has 108 valence electrons. The third kappa shape index (κ3) is 3.59. The molecule has 0 radical (unpaired) electrons. The summed E-state index contributed by atoms with van der Waals surface area (Å²) in [5.41, 5.74) is 6.45. The van der Waals surface area contributed by atoms with Gasteiger partial charge >= 0.3 is 0 Å². The Hall–Kier alpha value is -0.830. The molecular formula is C16H29N3. The highest BCUT2D eigenvalue weighted by Crippen LogP contribution is 2.42. The number of aryl methyl sites for hydroxylation is 1. The largest absolute Gasteiger partial charge is 0.335 e. The van der Waals surface area contributed by atoms with Crippen molar-refractivity contribution in [1.29, 1.82) is 0 Å². The molecule has 2 unspecified atom stereocenters. The van der Waals surface area contributed by atoms with Gasteiger partial charge in [-0.25, -0.2) is 4.98 Å². The second-order valence-electron chi connectivity index (χ2n) is 6.90. The zero-order valence-corrected chi connectivity index (χ0v) is 12.7. The van der Waals surface area contributed by atoms with E-state index in [-0.39, 0.29) is 0 Å². The first-order valence-electron chi connectivity index (χ1n) is 7.76. The SMILES string of the molecule is CCCn1ccnc1CC1CC(C)(C)CCC1CN. The molecule has 3 heteroatoms. The van der Waals surface area contributed by atoms with Crippen molar-refractivity contribution in [3.05, 3.63) is 18.2 Å². The van der Waals surface area contributed by atoms with Crippen molar-refractivity contribution in [1.82, 2.24) is 9.55 Å². The summed E-state index contributed by atoms with van der Waals surface area (Å²) in [5.74, 6) is 2.63. The molecule has 1 aromatic rings. The Labute approximate surface area is 117 Å². The Balaban J connectivity index is 2.08. The van der Waals surface area contributed by atoms with E-state index in [2.05, 4.69) is 36.5 Å². The molecule has 1 heterocycles. The molecule has 0 saturated heterocycles. The molecule has 0 spiro atoms. The number of nitrogens with zero attached hydrogens (tertiary/aromatic N) is 2. The second-order valence-corrected chi connectivity index (χ2v) is 6.90. The molecule has 2 N–H and O–H groups in total. The molecule has 1 aliphatic rings. The first-order chi connectivity index (χ1) is 9.05.